The molecule has 0 radical (unpaired) electrons. The predicted molar refractivity (Wildman–Crippen MR) is 33.1 cm³/mol. The van der Waals surface area contributed by atoms with Gasteiger partial charge in [0.25, 0.3) is 0 Å². The third-order valence-corrected chi connectivity index (χ3v) is 0.359. The molecule has 3 nitrogen and oxygen atoms in total. The van der Waals surface area contributed by atoms with Crippen molar-refractivity contribution in [1.29, 1.82) is 0 Å². The highest BCUT2D eigenvalue weighted by molar-refractivity contribution is 5.72. The average molecular weight is 130 g/mol. The molecule has 3 heteroatoms. The van der Waals surface area contributed by atoms with E-state index in [1.54, 1.807) is 0 Å². The SMILES string of the molecule is CCC=O.O=CCC=O. The largest absolute Gasteiger partial charge is 0.303 e. The van der Waals surface area contributed by atoms with Crippen LogP contribution in [0.5, 0.6) is 0 Å². The summed E-state index contributed by atoms with van der Waals surface area (Å²) in [4.78, 5) is 27.5. The average Bonchev–Trinajstić information content (AvgIpc) is 1.91. The molecule has 0 aliphatic carbocycles. The first-order chi connectivity index (χ1) is 4.33. The van der Waals surface area contributed by atoms with E-state index in [-0.39, 0.29) is 6.42 Å². The Morgan fingerprint density at radius 2 is 1.33 bits per heavy atom. The van der Waals surface area contributed by atoms with E-state index in [2.05, 4.69) is 0 Å². The second-order valence-electron chi connectivity index (χ2n) is 1.14. The molecule has 0 bridgehead atoms. The van der Waals surface area contributed by atoms with Crippen LogP contribution in [0.15, 0.2) is 0 Å². The molecule has 0 heterocycles. The summed E-state index contributed by atoms with van der Waals surface area (Å²) in [5.41, 5.74) is 0. The van der Waals surface area contributed by atoms with Crippen LogP contribution in [0.3, 0.4) is 0 Å². The molecule has 0 unspecified atom stereocenters. The Labute approximate surface area is 54.1 Å². The summed E-state index contributed by atoms with van der Waals surface area (Å²) in [7, 11) is 0. The van der Waals surface area contributed by atoms with Crippen LogP contribution in [-0.4, -0.2) is 18.9 Å². The number of carbonyl (C=O) groups is 3. The van der Waals surface area contributed by atoms with Crippen LogP contribution in [0.1, 0.15) is 19.8 Å². The summed E-state index contributed by atoms with van der Waals surface area (Å²) in [5.74, 6) is 0. The summed E-state index contributed by atoms with van der Waals surface area (Å²) in [5, 5.41) is 0. The zero-order valence-corrected chi connectivity index (χ0v) is 5.37. The Bertz CT molecular complexity index is 72.4. The minimum atomic E-state index is 0.0278. The van der Waals surface area contributed by atoms with Crippen molar-refractivity contribution in [3.63, 3.8) is 0 Å². The van der Waals surface area contributed by atoms with Crippen LogP contribution in [-0.2, 0) is 14.4 Å². The quantitative estimate of drug-likeness (QED) is 0.409. The molecule has 0 saturated carbocycles. The van der Waals surface area contributed by atoms with Crippen LogP contribution < -0.4 is 0 Å². The zero-order chi connectivity index (χ0) is 7.54. The molecule has 0 atom stereocenters. The second-order valence-corrected chi connectivity index (χ2v) is 1.14. The van der Waals surface area contributed by atoms with Gasteiger partial charge in [-0.1, -0.05) is 6.92 Å². The first-order valence-corrected chi connectivity index (χ1v) is 2.64. The summed E-state index contributed by atoms with van der Waals surface area (Å²) >= 11 is 0. The second kappa shape index (κ2) is 15.7. The Morgan fingerprint density at radius 3 is 1.33 bits per heavy atom. The molecule has 0 aliphatic rings. The molecule has 0 rings (SSSR count). The van der Waals surface area contributed by atoms with Gasteiger partial charge < -0.3 is 14.4 Å². The Hall–Kier alpha value is -0.990. The van der Waals surface area contributed by atoms with Crippen LogP contribution >= 0.6 is 0 Å². The van der Waals surface area contributed by atoms with Gasteiger partial charge in [-0.25, -0.2) is 0 Å². The maximum absolute atomic E-state index is 9.17. The highest BCUT2D eigenvalue weighted by Gasteiger charge is 1.65. The fourth-order valence-corrected chi connectivity index (χ4v) is 0.0393. The van der Waals surface area contributed by atoms with Gasteiger partial charge in [0.2, 0.25) is 0 Å². The molecule has 0 spiro atoms. The van der Waals surface area contributed by atoms with Gasteiger partial charge >= 0.3 is 0 Å². The monoisotopic (exact) mass is 130 g/mol. The van der Waals surface area contributed by atoms with Crippen molar-refractivity contribution in [3.8, 4) is 0 Å². The number of carbonyl (C=O) groups excluding carboxylic acids is 3. The molecule has 0 aliphatic heterocycles. The lowest BCUT2D eigenvalue weighted by Gasteiger charge is -1.53. The first-order valence-electron chi connectivity index (χ1n) is 2.64. The predicted octanol–water partition coefficient (Wildman–Crippen LogP) is 0.370. The zero-order valence-electron chi connectivity index (χ0n) is 5.37. The fraction of sp³-hybridized carbons (Fsp3) is 0.500. The number of rotatable bonds is 3. The van der Waals surface area contributed by atoms with Gasteiger partial charge in [0.15, 0.2) is 0 Å². The molecule has 0 aromatic rings. The normalized spacial score (nSPS) is 6.33. The van der Waals surface area contributed by atoms with Crippen LogP contribution in [0.4, 0.5) is 0 Å². The first kappa shape index (κ1) is 10.9. The Morgan fingerprint density at radius 1 is 1.00 bits per heavy atom. The van der Waals surface area contributed by atoms with E-state index in [4.69, 9.17) is 0 Å². The van der Waals surface area contributed by atoms with Gasteiger partial charge in [-0.2, -0.15) is 0 Å². The molecular formula is C6H10O3. The van der Waals surface area contributed by atoms with E-state index in [1.165, 1.54) is 0 Å². The van der Waals surface area contributed by atoms with Gasteiger partial charge in [0, 0.05) is 6.42 Å². The van der Waals surface area contributed by atoms with Crippen molar-refractivity contribution >= 4 is 18.9 Å². The van der Waals surface area contributed by atoms with Crippen molar-refractivity contribution in [3.05, 3.63) is 0 Å². The molecule has 0 N–H and O–H groups in total. The molecule has 9 heavy (non-hydrogen) atoms. The smallest absolute Gasteiger partial charge is 0.127 e. The van der Waals surface area contributed by atoms with Gasteiger partial charge in [-0.3, -0.25) is 0 Å². The van der Waals surface area contributed by atoms with Gasteiger partial charge in [-0.15, -0.1) is 0 Å². The Balaban J connectivity index is 0. The third kappa shape index (κ3) is 43.6. The summed E-state index contributed by atoms with van der Waals surface area (Å²) < 4.78 is 0. The lowest BCUT2D eigenvalue weighted by atomic mass is 10.6. The molecule has 0 aromatic carbocycles. The van der Waals surface area contributed by atoms with Crippen LogP contribution in [0, 0.1) is 0 Å². The molecule has 0 amide bonds. The van der Waals surface area contributed by atoms with Crippen molar-refractivity contribution in [1.82, 2.24) is 0 Å². The van der Waals surface area contributed by atoms with E-state index in [9.17, 15) is 14.4 Å². The molecular weight excluding hydrogens is 120 g/mol. The highest BCUT2D eigenvalue weighted by atomic mass is 16.1. The van der Waals surface area contributed by atoms with E-state index < -0.39 is 0 Å². The summed E-state index contributed by atoms with van der Waals surface area (Å²) in [6.07, 6.45) is 2.67. The van der Waals surface area contributed by atoms with Crippen molar-refractivity contribution in [2.24, 2.45) is 0 Å². The maximum atomic E-state index is 9.17. The Kier molecular flexibility index (Phi) is 19.1. The van der Waals surface area contributed by atoms with Gasteiger partial charge in [0.05, 0.1) is 6.42 Å². The van der Waals surface area contributed by atoms with Gasteiger partial charge in [-0.05, 0) is 0 Å². The molecule has 0 saturated heterocycles. The van der Waals surface area contributed by atoms with E-state index >= 15 is 0 Å². The minimum Gasteiger partial charge on any atom is -0.303 e. The molecule has 0 fully saturated rings. The van der Waals surface area contributed by atoms with E-state index in [0.29, 0.717) is 19.0 Å². The third-order valence-electron chi connectivity index (χ3n) is 0.359. The number of aldehydes is 3. The molecule has 0 aromatic heterocycles. The highest BCUT2D eigenvalue weighted by Crippen LogP contribution is 1.53. The van der Waals surface area contributed by atoms with Gasteiger partial charge in [0.1, 0.15) is 18.9 Å². The lowest BCUT2D eigenvalue weighted by Crippen LogP contribution is -1.69. The van der Waals surface area contributed by atoms with Crippen LogP contribution in [0.25, 0.3) is 0 Å². The summed E-state index contributed by atoms with van der Waals surface area (Å²) in [6, 6.07) is 0. The van der Waals surface area contributed by atoms with Crippen LogP contribution in [0.2, 0.25) is 0 Å². The fourth-order valence-electron chi connectivity index (χ4n) is 0.0393. The van der Waals surface area contributed by atoms with E-state index in [0.717, 1.165) is 6.29 Å². The standard InChI is InChI=1S/C3H4O2.C3H6O/c4-2-1-3-5;1-2-3-4/h2-3H,1H2;3H,2H2,1H3. The van der Waals surface area contributed by atoms with Crippen molar-refractivity contribution in [2.75, 3.05) is 0 Å². The van der Waals surface area contributed by atoms with Crippen molar-refractivity contribution < 1.29 is 14.4 Å². The maximum Gasteiger partial charge on any atom is 0.127 e. The van der Waals surface area contributed by atoms with E-state index in [1.807, 2.05) is 6.92 Å². The van der Waals surface area contributed by atoms with Crippen molar-refractivity contribution in [2.45, 2.75) is 19.8 Å². The number of hydrogen-bond acceptors (Lipinski definition) is 3. The summed E-state index contributed by atoms with van der Waals surface area (Å²) in [6.45, 7) is 1.81. The lowest BCUT2D eigenvalue weighted by molar-refractivity contribution is -0.114. The molecule has 52 valence electrons. The minimum absolute atomic E-state index is 0.0278. The number of hydrogen-bond donors (Lipinski definition) is 0. The topological polar surface area (TPSA) is 51.2 Å².